The van der Waals surface area contributed by atoms with Crippen LogP contribution >= 0.6 is 0 Å². The molecule has 16 heavy (non-hydrogen) atoms. The summed E-state index contributed by atoms with van der Waals surface area (Å²) >= 11 is 0. The highest BCUT2D eigenvalue weighted by molar-refractivity contribution is 7.80. The summed E-state index contributed by atoms with van der Waals surface area (Å²) in [7, 11) is -4.29. The van der Waals surface area contributed by atoms with Crippen LogP contribution in [0.4, 0.5) is 0 Å². The van der Waals surface area contributed by atoms with E-state index in [1.807, 2.05) is 6.92 Å². The van der Waals surface area contributed by atoms with E-state index in [0.717, 1.165) is 19.3 Å². The molecule has 4 nitrogen and oxygen atoms in total. The van der Waals surface area contributed by atoms with Crippen LogP contribution in [0.1, 0.15) is 65.2 Å². The molecular weight excluding hydrogens is 228 g/mol. The molecule has 98 valence electrons. The van der Waals surface area contributed by atoms with Crippen LogP contribution in [0.25, 0.3) is 0 Å². The van der Waals surface area contributed by atoms with Gasteiger partial charge in [-0.1, -0.05) is 52.4 Å². The maximum absolute atomic E-state index is 10.6. The first-order valence-corrected chi connectivity index (χ1v) is 7.51. The Bertz CT molecular complexity index is 249. The number of rotatable bonds is 10. The molecule has 0 radical (unpaired) electrons. The van der Waals surface area contributed by atoms with Gasteiger partial charge in [0.15, 0.2) is 0 Å². The van der Waals surface area contributed by atoms with E-state index in [9.17, 15) is 8.42 Å². The predicted octanol–water partition coefficient (Wildman–Crippen LogP) is 3.34. The SMILES string of the molecule is CCCCCCCC(CCC)OS(=O)(=O)O. The van der Waals surface area contributed by atoms with E-state index in [1.165, 1.54) is 19.3 Å². The van der Waals surface area contributed by atoms with E-state index in [0.29, 0.717) is 12.8 Å². The van der Waals surface area contributed by atoms with Gasteiger partial charge in [-0.05, 0) is 12.8 Å². The molecule has 0 aromatic carbocycles. The molecule has 0 aromatic heterocycles. The van der Waals surface area contributed by atoms with Crippen LogP contribution < -0.4 is 0 Å². The molecule has 0 bridgehead atoms. The third-order valence-electron chi connectivity index (χ3n) is 2.50. The predicted molar refractivity (Wildman–Crippen MR) is 64.7 cm³/mol. The van der Waals surface area contributed by atoms with Crippen molar-refractivity contribution in [2.24, 2.45) is 0 Å². The average molecular weight is 252 g/mol. The second-order valence-electron chi connectivity index (χ2n) is 4.14. The van der Waals surface area contributed by atoms with Gasteiger partial charge >= 0.3 is 10.4 Å². The van der Waals surface area contributed by atoms with Crippen LogP contribution in [0.15, 0.2) is 0 Å². The summed E-state index contributed by atoms with van der Waals surface area (Å²) in [5, 5.41) is 0. The van der Waals surface area contributed by atoms with Gasteiger partial charge < -0.3 is 0 Å². The Kier molecular flexibility index (Phi) is 8.89. The summed E-state index contributed by atoms with van der Waals surface area (Å²) in [6, 6.07) is 0. The topological polar surface area (TPSA) is 63.6 Å². The molecular formula is C11H24O4S. The molecule has 0 heterocycles. The molecule has 0 amide bonds. The zero-order valence-electron chi connectivity index (χ0n) is 10.3. The van der Waals surface area contributed by atoms with Crippen molar-refractivity contribution in [3.63, 3.8) is 0 Å². The number of hydrogen-bond donors (Lipinski definition) is 1. The van der Waals surface area contributed by atoms with Gasteiger partial charge in [0.25, 0.3) is 0 Å². The van der Waals surface area contributed by atoms with Gasteiger partial charge in [0.1, 0.15) is 0 Å². The minimum atomic E-state index is -4.29. The molecule has 0 saturated heterocycles. The molecule has 0 aliphatic rings. The largest absolute Gasteiger partial charge is 0.397 e. The van der Waals surface area contributed by atoms with E-state index < -0.39 is 10.4 Å². The van der Waals surface area contributed by atoms with E-state index in [2.05, 4.69) is 11.1 Å². The summed E-state index contributed by atoms with van der Waals surface area (Å²) < 4.78 is 34.4. The minimum Gasteiger partial charge on any atom is -0.264 e. The van der Waals surface area contributed by atoms with Crippen molar-refractivity contribution in [1.29, 1.82) is 0 Å². The number of hydrogen-bond acceptors (Lipinski definition) is 3. The second-order valence-corrected chi connectivity index (χ2v) is 5.19. The first-order valence-electron chi connectivity index (χ1n) is 6.15. The third kappa shape index (κ3) is 10.4. The van der Waals surface area contributed by atoms with E-state index in [4.69, 9.17) is 4.55 Å². The van der Waals surface area contributed by atoms with Gasteiger partial charge in [-0.15, -0.1) is 0 Å². The van der Waals surface area contributed by atoms with Crippen molar-refractivity contribution in [1.82, 2.24) is 0 Å². The molecule has 0 aromatic rings. The zero-order valence-corrected chi connectivity index (χ0v) is 11.1. The van der Waals surface area contributed by atoms with Crippen molar-refractivity contribution in [3.8, 4) is 0 Å². The lowest BCUT2D eigenvalue weighted by atomic mass is 10.1. The van der Waals surface area contributed by atoms with Crippen molar-refractivity contribution >= 4 is 10.4 Å². The molecule has 1 unspecified atom stereocenters. The van der Waals surface area contributed by atoms with Crippen molar-refractivity contribution in [3.05, 3.63) is 0 Å². The second kappa shape index (κ2) is 8.96. The first kappa shape index (κ1) is 15.9. The fraction of sp³-hybridized carbons (Fsp3) is 1.00. The Morgan fingerprint density at radius 2 is 1.62 bits per heavy atom. The van der Waals surface area contributed by atoms with Crippen molar-refractivity contribution in [2.75, 3.05) is 0 Å². The lowest BCUT2D eigenvalue weighted by Gasteiger charge is -2.14. The standard InChI is InChI=1S/C11H24O4S/c1-3-5-6-7-8-10-11(9-4-2)15-16(12,13)14/h11H,3-10H2,1-2H3,(H,12,13,14). The fourth-order valence-corrected chi connectivity index (χ4v) is 2.25. The van der Waals surface area contributed by atoms with Crippen LogP contribution in [0, 0.1) is 0 Å². The van der Waals surface area contributed by atoms with Gasteiger partial charge in [0.05, 0.1) is 6.10 Å². The minimum absolute atomic E-state index is 0.360. The van der Waals surface area contributed by atoms with E-state index in [1.54, 1.807) is 0 Å². The van der Waals surface area contributed by atoms with Gasteiger partial charge in [-0.25, -0.2) is 4.18 Å². The highest BCUT2D eigenvalue weighted by Crippen LogP contribution is 2.15. The van der Waals surface area contributed by atoms with Crippen LogP contribution in [-0.2, 0) is 14.6 Å². The number of unbranched alkanes of at least 4 members (excludes halogenated alkanes) is 4. The normalized spacial score (nSPS) is 13.9. The molecule has 0 fully saturated rings. The van der Waals surface area contributed by atoms with Gasteiger partial charge in [-0.2, -0.15) is 8.42 Å². The Labute approximate surface area is 99.3 Å². The molecule has 0 aliphatic carbocycles. The summed E-state index contributed by atoms with van der Waals surface area (Å²) in [4.78, 5) is 0. The summed E-state index contributed by atoms with van der Waals surface area (Å²) in [5.74, 6) is 0. The van der Waals surface area contributed by atoms with Gasteiger partial charge in [0, 0.05) is 0 Å². The quantitative estimate of drug-likeness (QED) is 0.478. The van der Waals surface area contributed by atoms with Gasteiger partial charge in [-0.3, -0.25) is 4.55 Å². The highest BCUT2D eigenvalue weighted by atomic mass is 32.3. The van der Waals surface area contributed by atoms with Gasteiger partial charge in [0.2, 0.25) is 0 Å². The van der Waals surface area contributed by atoms with Crippen molar-refractivity contribution < 1.29 is 17.2 Å². The van der Waals surface area contributed by atoms with Crippen LogP contribution in [0.2, 0.25) is 0 Å². The molecule has 1 atom stereocenters. The Morgan fingerprint density at radius 1 is 1.00 bits per heavy atom. The van der Waals surface area contributed by atoms with Crippen LogP contribution in [0.5, 0.6) is 0 Å². The first-order chi connectivity index (χ1) is 7.49. The van der Waals surface area contributed by atoms with Crippen LogP contribution in [-0.4, -0.2) is 19.1 Å². The summed E-state index contributed by atoms with van der Waals surface area (Å²) in [6.07, 6.45) is 7.53. The lowest BCUT2D eigenvalue weighted by Crippen LogP contribution is -2.17. The zero-order chi connectivity index (χ0) is 12.4. The lowest BCUT2D eigenvalue weighted by molar-refractivity contribution is 0.160. The fourth-order valence-electron chi connectivity index (χ4n) is 1.71. The third-order valence-corrected chi connectivity index (χ3v) is 3.01. The molecule has 0 saturated carbocycles. The van der Waals surface area contributed by atoms with Crippen molar-refractivity contribution in [2.45, 2.75) is 71.3 Å². The Balaban J connectivity index is 3.77. The molecule has 1 N–H and O–H groups in total. The summed E-state index contributed by atoms with van der Waals surface area (Å²) in [5.41, 5.74) is 0. The van der Waals surface area contributed by atoms with Crippen LogP contribution in [0.3, 0.4) is 0 Å². The highest BCUT2D eigenvalue weighted by Gasteiger charge is 2.15. The maximum atomic E-state index is 10.6. The molecule has 0 spiro atoms. The van der Waals surface area contributed by atoms with E-state index in [-0.39, 0.29) is 6.10 Å². The molecule has 0 aliphatic heterocycles. The Morgan fingerprint density at radius 3 is 2.12 bits per heavy atom. The Hall–Kier alpha value is -0.130. The molecule has 0 rings (SSSR count). The summed E-state index contributed by atoms with van der Waals surface area (Å²) in [6.45, 7) is 4.12. The average Bonchev–Trinajstić information content (AvgIpc) is 2.15. The molecule has 5 heteroatoms. The smallest absolute Gasteiger partial charge is 0.264 e. The van der Waals surface area contributed by atoms with E-state index >= 15 is 0 Å². The maximum Gasteiger partial charge on any atom is 0.397 e. The monoisotopic (exact) mass is 252 g/mol.